The van der Waals surface area contributed by atoms with Gasteiger partial charge in [0, 0.05) is 19.1 Å². The highest BCUT2D eigenvalue weighted by atomic mass is 32.2. The molecule has 6 heteroatoms. The van der Waals surface area contributed by atoms with E-state index >= 15 is 0 Å². The summed E-state index contributed by atoms with van der Waals surface area (Å²) in [7, 11) is -3.41. The molecule has 1 aliphatic rings. The van der Waals surface area contributed by atoms with E-state index in [1.807, 2.05) is 6.92 Å². The van der Waals surface area contributed by atoms with E-state index in [0.29, 0.717) is 19.5 Å². The first-order valence-corrected chi connectivity index (χ1v) is 8.47. The smallest absolute Gasteiger partial charge is 0.255 e. The van der Waals surface area contributed by atoms with Crippen molar-refractivity contribution in [2.24, 2.45) is 5.73 Å². The number of benzene rings is 1. The molecule has 20 heavy (non-hydrogen) atoms. The van der Waals surface area contributed by atoms with Gasteiger partial charge in [-0.2, -0.15) is 0 Å². The molecule has 1 aromatic rings. The first kappa shape index (κ1) is 15.0. The number of amides is 1. The highest BCUT2D eigenvalue weighted by molar-refractivity contribution is 7.91. The van der Waals surface area contributed by atoms with Gasteiger partial charge in [-0.05, 0) is 25.0 Å². The number of nitrogens with zero attached hydrogens (tertiary/aromatic N) is 1. The number of carbonyl (C=O) groups excluding carboxylic acids is 1. The molecule has 1 unspecified atom stereocenters. The van der Waals surface area contributed by atoms with Crippen molar-refractivity contribution in [1.29, 1.82) is 0 Å². The van der Waals surface area contributed by atoms with Crippen molar-refractivity contribution in [3.63, 3.8) is 0 Å². The lowest BCUT2D eigenvalue weighted by atomic mass is 10.2. The Labute approximate surface area is 119 Å². The third-order valence-corrected chi connectivity index (χ3v) is 5.41. The van der Waals surface area contributed by atoms with E-state index in [-0.39, 0.29) is 28.2 Å². The zero-order valence-corrected chi connectivity index (χ0v) is 12.4. The van der Waals surface area contributed by atoms with Gasteiger partial charge in [0.15, 0.2) is 9.84 Å². The average molecular weight is 296 g/mol. The summed E-state index contributed by atoms with van der Waals surface area (Å²) < 4.78 is 24.5. The Morgan fingerprint density at radius 3 is 2.70 bits per heavy atom. The Kier molecular flexibility index (Phi) is 4.45. The van der Waals surface area contributed by atoms with Crippen molar-refractivity contribution in [3.8, 4) is 0 Å². The van der Waals surface area contributed by atoms with Gasteiger partial charge < -0.3 is 10.6 Å². The summed E-state index contributed by atoms with van der Waals surface area (Å²) in [5.74, 6) is -0.190. The normalized spacial score (nSPS) is 19.3. The van der Waals surface area contributed by atoms with Crippen LogP contribution in [-0.4, -0.2) is 44.1 Å². The van der Waals surface area contributed by atoms with E-state index in [1.54, 1.807) is 23.1 Å². The van der Waals surface area contributed by atoms with Gasteiger partial charge in [0.25, 0.3) is 5.91 Å². The second-order valence-electron chi connectivity index (χ2n) is 5.11. The van der Waals surface area contributed by atoms with Crippen LogP contribution in [0.25, 0.3) is 0 Å². The SMILES string of the molecule is CCCS(=O)(=O)c1ccccc1C(=O)N1CCC(N)C1. The maximum Gasteiger partial charge on any atom is 0.255 e. The maximum atomic E-state index is 12.5. The maximum absolute atomic E-state index is 12.5. The van der Waals surface area contributed by atoms with Crippen LogP contribution in [0.2, 0.25) is 0 Å². The van der Waals surface area contributed by atoms with Crippen molar-refractivity contribution in [2.45, 2.75) is 30.7 Å². The summed E-state index contributed by atoms with van der Waals surface area (Å²) in [6, 6.07) is 6.41. The highest BCUT2D eigenvalue weighted by Gasteiger charge is 2.28. The molecule has 5 nitrogen and oxygen atoms in total. The first-order chi connectivity index (χ1) is 9.45. The molecular weight excluding hydrogens is 276 g/mol. The zero-order chi connectivity index (χ0) is 14.8. The van der Waals surface area contributed by atoms with Gasteiger partial charge >= 0.3 is 0 Å². The monoisotopic (exact) mass is 296 g/mol. The summed E-state index contributed by atoms with van der Waals surface area (Å²) >= 11 is 0. The Morgan fingerprint density at radius 1 is 1.40 bits per heavy atom. The molecule has 1 aliphatic heterocycles. The Morgan fingerprint density at radius 2 is 2.10 bits per heavy atom. The molecule has 1 fully saturated rings. The molecule has 0 aliphatic carbocycles. The van der Waals surface area contributed by atoms with Crippen molar-refractivity contribution in [1.82, 2.24) is 4.90 Å². The van der Waals surface area contributed by atoms with E-state index in [9.17, 15) is 13.2 Å². The van der Waals surface area contributed by atoms with Crippen LogP contribution in [-0.2, 0) is 9.84 Å². The van der Waals surface area contributed by atoms with Gasteiger partial charge in [0.05, 0.1) is 16.2 Å². The van der Waals surface area contributed by atoms with Gasteiger partial charge in [0.1, 0.15) is 0 Å². The minimum Gasteiger partial charge on any atom is -0.337 e. The Bertz CT molecular complexity index is 598. The molecule has 0 bridgehead atoms. The van der Waals surface area contributed by atoms with Crippen LogP contribution in [0.15, 0.2) is 29.2 Å². The molecule has 1 atom stereocenters. The van der Waals surface area contributed by atoms with Gasteiger partial charge in [-0.1, -0.05) is 19.1 Å². The largest absolute Gasteiger partial charge is 0.337 e. The molecule has 0 radical (unpaired) electrons. The van der Waals surface area contributed by atoms with Crippen molar-refractivity contribution < 1.29 is 13.2 Å². The molecule has 0 aromatic heterocycles. The van der Waals surface area contributed by atoms with E-state index in [1.165, 1.54) is 6.07 Å². The lowest BCUT2D eigenvalue weighted by molar-refractivity contribution is 0.0787. The van der Waals surface area contributed by atoms with E-state index in [2.05, 4.69) is 0 Å². The zero-order valence-electron chi connectivity index (χ0n) is 11.6. The molecule has 2 N–H and O–H groups in total. The van der Waals surface area contributed by atoms with Crippen molar-refractivity contribution in [2.75, 3.05) is 18.8 Å². The summed E-state index contributed by atoms with van der Waals surface area (Å²) in [4.78, 5) is 14.2. The summed E-state index contributed by atoms with van der Waals surface area (Å²) in [5, 5.41) is 0. The van der Waals surface area contributed by atoms with E-state index < -0.39 is 9.84 Å². The quantitative estimate of drug-likeness (QED) is 0.900. The standard InChI is InChI=1S/C14H20N2O3S/c1-2-9-20(18,19)13-6-4-3-5-12(13)14(17)16-8-7-11(15)10-16/h3-6,11H,2,7-10,15H2,1H3. The molecule has 1 heterocycles. The lowest BCUT2D eigenvalue weighted by Gasteiger charge is -2.18. The van der Waals surface area contributed by atoms with Crippen LogP contribution in [0, 0.1) is 0 Å². The number of rotatable bonds is 4. The third-order valence-electron chi connectivity index (χ3n) is 3.44. The van der Waals surface area contributed by atoms with Crippen molar-refractivity contribution >= 4 is 15.7 Å². The highest BCUT2D eigenvalue weighted by Crippen LogP contribution is 2.21. The topological polar surface area (TPSA) is 80.5 Å². The Hall–Kier alpha value is -1.40. The van der Waals surface area contributed by atoms with Crippen LogP contribution in [0.3, 0.4) is 0 Å². The van der Waals surface area contributed by atoms with Gasteiger partial charge in [0.2, 0.25) is 0 Å². The minimum atomic E-state index is -3.41. The fourth-order valence-electron chi connectivity index (χ4n) is 2.44. The summed E-state index contributed by atoms with van der Waals surface area (Å²) in [6.07, 6.45) is 1.29. The average Bonchev–Trinajstić information content (AvgIpc) is 2.84. The summed E-state index contributed by atoms with van der Waals surface area (Å²) in [6.45, 7) is 2.88. The fraction of sp³-hybridized carbons (Fsp3) is 0.500. The number of carbonyl (C=O) groups is 1. The first-order valence-electron chi connectivity index (χ1n) is 6.82. The van der Waals surface area contributed by atoms with Crippen LogP contribution in [0.1, 0.15) is 30.1 Å². The van der Waals surface area contributed by atoms with E-state index in [4.69, 9.17) is 5.73 Å². The number of nitrogens with two attached hydrogens (primary N) is 1. The van der Waals surface area contributed by atoms with Gasteiger partial charge in [-0.25, -0.2) is 8.42 Å². The third kappa shape index (κ3) is 3.02. The van der Waals surface area contributed by atoms with Crippen LogP contribution >= 0.6 is 0 Å². The van der Waals surface area contributed by atoms with Crippen LogP contribution in [0.5, 0.6) is 0 Å². The second kappa shape index (κ2) is 5.93. The predicted molar refractivity (Wildman–Crippen MR) is 77.3 cm³/mol. The lowest BCUT2D eigenvalue weighted by Crippen LogP contribution is -2.32. The number of hydrogen-bond donors (Lipinski definition) is 1. The molecule has 0 spiro atoms. The molecule has 2 rings (SSSR count). The van der Waals surface area contributed by atoms with Crippen LogP contribution in [0.4, 0.5) is 0 Å². The molecule has 110 valence electrons. The fourth-order valence-corrected chi connectivity index (χ4v) is 3.97. The number of hydrogen-bond acceptors (Lipinski definition) is 4. The Balaban J connectivity index is 2.35. The molecule has 1 saturated heterocycles. The molecule has 0 saturated carbocycles. The predicted octanol–water partition coefficient (Wildman–Crippen LogP) is 1.04. The molecule has 1 amide bonds. The molecular formula is C14H20N2O3S. The number of likely N-dealkylation sites (tertiary alicyclic amines) is 1. The summed E-state index contributed by atoms with van der Waals surface area (Å²) in [5.41, 5.74) is 6.06. The molecule has 1 aromatic carbocycles. The number of sulfone groups is 1. The second-order valence-corrected chi connectivity index (χ2v) is 7.19. The van der Waals surface area contributed by atoms with Gasteiger partial charge in [-0.3, -0.25) is 4.79 Å². The van der Waals surface area contributed by atoms with Crippen molar-refractivity contribution in [3.05, 3.63) is 29.8 Å². The van der Waals surface area contributed by atoms with Gasteiger partial charge in [-0.15, -0.1) is 0 Å². The minimum absolute atomic E-state index is 0.0154. The van der Waals surface area contributed by atoms with E-state index in [0.717, 1.165) is 6.42 Å². The van der Waals surface area contributed by atoms with Crippen LogP contribution < -0.4 is 5.73 Å².